The van der Waals surface area contributed by atoms with E-state index in [0.29, 0.717) is 13.0 Å². The summed E-state index contributed by atoms with van der Waals surface area (Å²) < 4.78 is 0. The van der Waals surface area contributed by atoms with E-state index in [9.17, 15) is 4.79 Å². The summed E-state index contributed by atoms with van der Waals surface area (Å²) in [4.78, 5) is 16.8. The molecule has 3 rings (SSSR count). The SMILES string of the molecule is NCC(CC(=O)N1CCCC1)N1CCCc2ccccc21. The first-order valence-corrected chi connectivity index (χ1v) is 8.12. The Labute approximate surface area is 126 Å². The van der Waals surface area contributed by atoms with Crippen molar-refractivity contribution in [2.45, 2.75) is 38.1 Å². The van der Waals surface area contributed by atoms with Crippen molar-refractivity contribution >= 4 is 11.6 Å². The molecule has 1 atom stereocenters. The number of likely N-dealkylation sites (tertiary alicyclic amines) is 1. The summed E-state index contributed by atoms with van der Waals surface area (Å²) in [6, 6.07) is 8.65. The number of hydrogen-bond donors (Lipinski definition) is 1. The van der Waals surface area contributed by atoms with Gasteiger partial charge in [0.05, 0.1) is 0 Å². The zero-order valence-corrected chi connectivity index (χ0v) is 12.6. The van der Waals surface area contributed by atoms with E-state index in [1.54, 1.807) is 0 Å². The van der Waals surface area contributed by atoms with Crippen LogP contribution in [0.1, 0.15) is 31.2 Å². The van der Waals surface area contributed by atoms with Crippen molar-refractivity contribution in [3.05, 3.63) is 29.8 Å². The summed E-state index contributed by atoms with van der Waals surface area (Å²) in [6.45, 7) is 3.39. The quantitative estimate of drug-likeness (QED) is 0.918. The molecule has 1 saturated heterocycles. The fraction of sp³-hybridized carbons (Fsp3) is 0.588. The second-order valence-corrected chi connectivity index (χ2v) is 6.11. The summed E-state index contributed by atoms with van der Waals surface area (Å²) in [7, 11) is 0. The molecular formula is C17H25N3O. The number of hydrogen-bond acceptors (Lipinski definition) is 3. The van der Waals surface area contributed by atoms with E-state index in [-0.39, 0.29) is 11.9 Å². The maximum atomic E-state index is 12.4. The molecule has 0 saturated carbocycles. The zero-order chi connectivity index (χ0) is 14.7. The minimum atomic E-state index is 0.125. The molecule has 1 aromatic carbocycles. The van der Waals surface area contributed by atoms with Crippen molar-refractivity contribution in [2.24, 2.45) is 5.73 Å². The number of anilines is 1. The van der Waals surface area contributed by atoms with Crippen LogP contribution in [-0.4, -0.2) is 43.0 Å². The van der Waals surface area contributed by atoms with Gasteiger partial charge in [-0.1, -0.05) is 18.2 Å². The lowest BCUT2D eigenvalue weighted by Crippen LogP contribution is -2.46. The fourth-order valence-electron chi connectivity index (χ4n) is 3.56. The predicted molar refractivity (Wildman–Crippen MR) is 85.4 cm³/mol. The highest BCUT2D eigenvalue weighted by Gasteiger charge is 2.27. The predicted octanol–water partition coefficient (Wildman–Crippen LogP) is 1.78. The summed E-state index contributed by atoms with van der Waals surface area (Å²) in [5.41, 5.74) is 8.65. The molecule has 0 bridgehead atoms. The van der Waals surface area contributed by atoms with Crippen molar-refractivity contribution in [2.75, 3.05) is 31.1 Å². The number of carbonyl (C=O) groups is 1. The minimum absolute atomic E-state index is 0.125. The third kappa shape index (κ3) is 3.05. The van der Waals surface area contributed by atoms with Crippen LogP contribution in [-0.2, 0) is 11.2 Å². The average molecular weight is 287 g/mol. The van der Waals surface area contributed by atoms with Gasteiger partial charge in [-0.3, -0.25) is 4.79 Å². The van der Waals surface area contributed by atoms with Gasteiger partial charge in [0.15, 0.2) is 0 Å². The smallest absolute Gasteiger partial charge is 0.224 e. The van der Waals surface area contributed by atoms with E-state index in [1.807, 2.05) is 4.90 Å². The van der Waals surface area contributed by atoms with Gasteiger partial charge in [-0.15, -0.1) is 0 Å². The highest BCUT2D eigenvalue weighted by Crippen LogP contribution is 2.29. The van der Waals surface area contributed by atoms with Crippen LogP contribution >= 0.6 is 0 Å². The van der Waals surface area contributed by atoms with Gasteiger partial charge in [0.1, 0.15) is 0 Å². The first kappa shape index (κ1) is 14.4. The lowest BCUT2D eigenvalue weighted by Gasteiger charge is -2.37. The molecule has 0 radical (unpaired) electrons. The number of benzene rings is 1. The number of carbonyl (C=O) groups excluding carboxylic acids is 1. The highest BCUT2D eigenvalue weighted by atomic mass is 16.2. The van der Waals surface area contributed by atoms with Crippen molar-refractivity contribution < 1.29 is 4.79 Å². The lowest BCUT2D eigenvalue weighted by atomic mass is 9.99. The fourth-order valence-corrected chi connectivity index (χ4v) is 3.56. The normalized spacial score (nSPS) is 19.5. The van der Waals surface area contributed by atoms with Crippen molar-refractivity contribution in [3.8, 4) is 0 Å². The highest BCUT2D eigenvalue weighted by molar-refractivity contribution is 5.78. The summed E-state index contributed by atoms with van der Waals surface area (Å²) >= 11 is 0. The number of fused-ring (bicyclic) bond motifs is 1. The number of nitrogens with two attached hydrogens (primary N) is 1. The molecule has 2 heterocycles. The van der Waals surface area contributed by atoms with Gasteiger partial charge >= 0.3 is 0 Å². The maximum absolute atomic E-state index is 12.4. The number of nitrogens with zero attached hydrogens (tertiary/aromatic N) is 2. The Morgan fingerprint density at radius 3 is 2.67 bits per heavy atom. The third-order valence-electron chi connectivity index (χ3n) is 4.73. The molecule has 1 unspecified atom stereocenters. The summed E-state index contributed by atoms with van der Waals surface area (Å²) in [6.07, 6.45) is 5.11. The first-order valence-electron chi connectivity index (χ1n) is 8.12. The number of para-hydroxylation sites is 1. The van der Waals surface area contributed by atoms with E-state index in [1.165, 1.54) is 11.3 Å². The molecule has 0 spiro atoms. The minimum Gasteiger partial charge on any atom is -0.367 e. The van der Waals surface area contributed by atoms with Crippen LogP contribution < -0.4 is 10.6 Å². The van der Waals surface area contributed by atoms with Crippen LogP contribution in [0.4, 0.5) is 5.69 Å². The average Bonchev–Trinajstić information content (AvgIpc) is 3.06. The Kier molecular flexibility index (Phi) is 4.44. The van der Waals surface area contributed by atoms with E-state index < -0.39 is 0 Å². The molecule has 2 aliphatic rings. The van der Waals surface area contributed by atoms with Gasteiger partial charge in [0, 0.05) is 44.3 Å². The van der Waals surface area contributed by atoms with Crippen LogP contribution in [0.5, 0.6) is 0 Å². The molecule has 0 aliphatic carbocycles. The number of rotatable bonds is 4. The Morgan fingerprint density at radius 1 is 1.14 bits per heavy atom. The Morgan fingerprint density at radius 2 is 1.90 bits per heavy atom. The topological polar surface area (TPSA) is 49.6 Å². The molecular weight excluding hydrogens is 262 g/mol. The van der Waals surface area contributed by atoms with Gasteiger partial charge in [0.2, 0.25) is 5.91 Å². The van der Waals surface area contributed by atoms with Crippen molar-refractivity contribution in [1.29, 1.82) is 0 Å². The van der Waals surface area contributed by atoms with E-state index >= 15 is 0 Å². The standard InChI is InChI=1S/C17H25N3O/c18-13-15(12-17(21)19-9-3-4-10-19)20-11-5-7-14-6-1-2-8-16(14)20/h1-2,6,8,15H,3-5,7,9-13,18H2. The molecule has 2 aliphatic heterocycles. The van der Waals surface area contributed by atoms with E-state index in [2.05, 4.69) is 29.2 Å². The van der Waals surface area contributed by atoms with Crippen molar-refractivity contribution in [1.82, 2.24) is 4.90 Å². The molecule has 2 N–H and O–H groups in total. The van der Waals surface area contributed by atoms with Gasteiger partial charge in [-0.25, -0.2) is 0 Å². The maximum Gasteiger partial charge on any atom is 0.224 e. The van der Waals surface area contributed by atoms with Crippen molar-refractivity contribution in [3.63, 3.8) is 0 Å². The molecule has 4 nitrogen and oxygen atoms in total. The van der Waals surface area contributed by atoms with Crippen LogP contribution in [0.15, 0.2) is 24.3 Å². The first-order chi connectivity index (χ1) is 10.3. The van der Waals surface area contributed by atoms with Gasteiger partial charge in [0.25, 0.3) is 0 Å². The monoisotopic (exact) mass is 287 g/mol. The lowest BCUT2D eigenvalue weighted by molar-refractivity contribution is -0.130. The molecule has 21 heavy (non-hydrogen) atoms. The van der Waals surface area contributed by atoms with Crippen LogP contribution in [0.3, 0.4) is 0 Å². The Hall–Kier alpha value is -1.55. The molecule has 4 heteroatoms. The number of amides is 1. The Balaban J connectivity index is 1.73. The summed E-state index contributed by atoms with van der Waals surface area (Å²) in [5, 5.41) is 0. The second-order valence-electron chi connectivity index (χ2n) is 6.11. The molecule has 0 aromatic heterocycles. The van der Waals surface area contributed by atoms with Gasteiger partial charge < -0.3 is 15.5 Å². The zero-order valence-electron chi connectivity index (χ0n) is 12.6. The van der Waals surface area contributed by atoms with Gasteiger partial charge in [-0.05, 0) is 37.3 Å². The molecule has 114 valence electrons. The Bertz CT molecular complexity index is 497. The second kappa shape index (κ2) is 6.48. The van der Waals surface area contributed by atoms with Crippen LogP contribution in [0.25, 0.3) is 0 Å². The summed E-state index contributed by atoms with van der Waals surface area (Å²) in [5.74, 6) is 0.269. The number of aryl methyl sites for hydroxylation is 1. The van der Waals surface area contributed by atoms with Crippen LogP contribution in [0, 0.1) is 0 Å². The molecule has 1 amide bonds. The van der Waals surface area contributed by atoms with E-state index in [0.717, 1.165) is 45.3 Å². The largest absolute Gasteiger partial charge is 0.367 e. The van der Waals surface area contributed by atoms with Gasteiger partial charge in [-0.2, -0.15) is 0 Å². The van der Waals surface area contributed by atoms with Crippen LogP contribution in [0.2, 0.25) is 0 Å². The molecule has 1 fully saturated rings. The van der Waals surface area contributed by atoms with E-state index in [4.69, 9.17) is 5.73 Å². The molecule has 1 aromatic rings. The third-order valence-corrected chi connectivity index (χ3v) is 4.73.